The molecule has 1 aromatic heterocycles. The standard InChI is InChI=1S/C7H5N3O5/c8-5(11)3-4(7(14)15)10-2(1-9-3)6(12)13/h1H,(H2,8,11)(H,12,13)(H,14,15). The third-order valence-electron chi connectivity index (χ3n) is 1.43. The van der Waals surface area contributed by atoms with Gasteiger partial charge >= 0.3 is 11.9 Å². The number of carbonyl (C=O) groups excluding carboxylic acids is 1. The number of aromatic carboxylic acids is 2. The lowest BCUT2D eigenvalue weighted by molar-refractivity contribution is 0.0678. The molecule has 0 spiro atoms. The van der Waals surface area contributed by atoms with Gasteiger partial charge in [-0.05, 0) is 0 Å². The average Bonchev–Trinajstić information content (AvgIpc) is 2.16. The normalized spacial score (nSPS) is 9.60. The van der Waals surface area contributed by atoms with Crippen LogP contribution in [0, 0.1) is 0 Å². The molecule has 0 radical (unpaired) electrons. The number of carbonyl (C=O) groups is 3. The topological polar surface area (TPSA) is 143 Å². The first-order valence-electron chi connectivity index (χ1n) is 3.57. The van der Waals surface area contributed by atoms with E-state index in [4.69, 9.17) is 15.9 Å². The Labute approximate surface area is 82.4 Å². The third kappa shape index (κ3) is 2.05. The molecule has 0 saturated carbocycles. The Bertz CT molecular complexity index is 456. The lowest BCUT2D eigenvalue weighted by Crippen LogP contribution is -2.21. The highest BCUT2D eigenvalue weighted by molar-refractivity contribution is 6.02. The Morgan fingerprint density at radius 2 is 1.73 bits per heavy atom. The van der Waals surface area contributed by atoms with E-state index in [1.54, 1.807) is 0 Å². The van der Waals surface area contributed by atoms with Crippen LogP contribution < -0.4 is 5.73 Å². The molecule has 0 atom stereocenters. The minimum atomic E-state index is -1.57. The zero-order valence-electron chi connectivity index (χ0n) is 7.17. The molecule has 15 heavy (non-hydrogen) atoms. The molecule has 4 N–H and O–H groups in total. The quantitative estimate of drug-likeness (QED) is 0.579. The molecule has 0 bridgehead atoms. The number of aromatic nitrogens is 2. The van der Waals surface area contributed by atoms with E-state index in [9.17, 15) is 14.4 Å². The van der Waals surface area contributed by atoms with E-state index in [-0.39, 0.29) is 0 Å². The van der Waals surface area contributed by atoms with Crippen molar-refractivity contribution in [2.45, 2.75) is 0 Å². The molecule has 1 amide bonds. The van der Waals surface area contributed by atoms with Gasteiger partial charge < -0.3 is 15.9 Å². The predicted octanol–water partition coefficient (Wildman–Crippen LogP) is -1.03. The van der Waals surface area contributed by atoms with E-state index in [1.807, 2.05) is 0 Å². The first kappa shape index (κ1) is 10.6. The van der Waals surface area contributed by atoms with Crippen LogP contribution in [0.5, 0.6) is 0 Å². The summed E-state index contributed by atoms with van der Waals surface area (Å²) in [5, 5.41) is 17.1. The fourth-order valence-electron chi connectivity index (χ4n) is 0.822. The Kier molecular flexibility index (Phi) is 2.61. The first-order valence-corrected chi connectivity index (χ1v) is 3.57. The van der Waals surface area contributed by atoms with Crippen LogP contribution in [0.1, 0.15) is 31.5 Å². The lowest BCUT2D eigenvalue weighted by Gasteiger charge is -2.00. The van der Waals surface area contributed by atoms with Gasteiger partial charge in [0.25, 0.3) is 5.91 Å². The smallest absolute Gasteiger partial charge is 0.357 e. The van der Waals surface area contributed by atoms with E-state index in [0.717, 1.165) is 6.20 Å². The van der Waals surface area contributed by atoms with Crippen molar-refractivity contribution in [1.29, 1.82) is 0 Å². The number of hydrogen-bond donors (Lipinski definition) is 3. The van der Waals surface area contributed by atoms with Crippen molar-refractivity contribution in [2.75, 3.05) is 0 Å². The maximum Gasteiger partial charge on any atom is 0.357 e. The van der Waals surface area contributed by atoms with Crippen molar-refractivity contribution in [3.8, 4) is 0 Å². The second-order valence-electron chi connectivity index (χ2n) is 2.43. The number of carboxylic acid groups (broad SMARTS) is 2. The highest BCUT2D eigenvalue weighted by Gasteiger charge is 2.20. The van der Waals surface area contributed by atoms with Gasteiger partial charge in [0.15, 0.2) is 17.1 Å². The monoisotopic (exact) mass is 211 g/mol. The van der Waals surface area contributed by atoms with Crippen LogP contribution in [-0.4, -0.2) is 38.0 Å². The van der Waals surface area contributed by atoms with Gasteiger partial charge in [-0.2, -0.15) is 0 Å². The summed E-state index contributed by atoms with van der Waals surface area (Å²) in [5.41, 5.74) is 2.90. The summed E-state index contributed by atoms with van der Waals surface area (Å²) in [6.45, 7) is 0. The van der Waals surface area contributed by atoms with Gasteiger partial charge in [-0.1, -0.05) is 0 Å². The van der Waals surface area contributed by atoms with E-state index >= 15 is 0 Å². The molecule has 8 nitrogen and oxygen atoms in total. The van der Waals surface area contributed by atoms with Crippen LogP contribution in [0.2, 0.25) is 0 Å². The molecule has 78 valence electrons. The van der Waals surface area contributed by atoms with Gasteiger partial charge in [-0.25, -0.2) is 19.6 Å². The molecule has 0 fully saturated rings. The SMILES string of the molecule is NC(=O)c1ncc(C(=O)O)nc1C(=O)O. The van der Waals surface area contributed by atoms with Crippen molar-refractivity contribution in [3.63, 3.8) is 0 Å². The summed E-state index contributed by atoms with van der Waals surface area (Å²) in [4.78, 5) is 38.3. The number of rotatable bonds is 3. The van der Waals surface area contributed by atoms with Crippen LogP contribution in [-0.2, 0) is 0 Å². The van der Waals surface area contributed by atoms with Crippen molar-refractivity contribution in [1.82, 2.24) is 9.97 Å². The fraction of sp³-hybridized carbons (Fsp3) is 0. The second kappa shape index (κ2) is 3.70. The van der Waals surface area contributed by atoms with Crippen LogP contribution >= 0.6 is 0 Å². The van der Waals surface area contributed by atoms with Gasteiger partial charge in [0.05, 0.1) is 6.20 Å². The van der Waals surface area contributed by atoms with Crippen LogP contribution in [0.25, 0.3) is 0 Å². The second-order valence-corrected chi connectivity index (χ2v) is 2.43. The van der Waals surface area contributed by atoms with E-state index < -0.39 is 34.9 Å². The molecule has 0 aliphatic carbocycles. The lowest BCUT2D eigenvalue weighted by atomic mass is 10.2. The summed E-state index contributed by atoms with van der Waals surface area (Å²) < 4.78 is 0. The Hall–Kier alpha value is -2.51. The summed E-state index contributed by atoms with van der Waals surface area (Å²) >= 11 is 0. The molecule has 1 heterocycles. The molecule has 0 aliphatic heterocycles. The van der Waals surface area contributed by atoms with E-state index in [0.29, 0.717) is 0 Å². The number of amides is 1. The number of nitrogens with two attached hydrogens (primary N) is 1. The zero-order valence-corrected chi connectivity index (χ0v) is 7.17. The predicted molar refractivity (Wildman–Crippen MR) is 44.5 cm³/mol. The molecule has 8 heteroatoms. The molecule has 0 saturated heterocycles. The van der Waals surface area contributed by atoms with Crippen molar-refractivity contribution in [2.24, 2.45) is 5.73 Å². The Morgan fingerprint density at radius 3 is 2.13 bits per heavy atom. The summed E-state index contributed by atoms with van der Waals surface area (Å²) in [6, 6.07) is 0. The fourth-order valence-corrected chi connectivity index (χ4v) is 0.822. The number of hydrogen-bond acceptors (Lipinski definition) is 5. The maximum atomic E-state index is 10.7. The minimum Gasteiger partial charge on any atom is -0.476 e. The number of carboxylic acids is 2. The van der Waals surface area contributed by atoms with Gasteiger partial charge in [0.2, 0.25) is 0 Å². The molecule has 1 rings (SSSR count). The first-order chi connectivity index (χ1) is 6.93. The Balaban J connectivity index is 3.40. The minimum absolute atomic E-state index is 0.572. The summed E-state index contributed by atoms with van der Waals surface area (Å²) in [6.07, 6.45) is 0.759. The van der Waals surface area contributed by atoms with Gasteiger partial charge in [-0.15, -0.1) is 0 Å². The number of primary amides is 1. The molecule has 0 aliphatic rings. The van der Waals surface area contributed by atoms with Gasteiger partial charge in [0, 0.05) is 0 Å². The van der Waals surface area contributed by atoms with E-state index in [2.05, 4.69) is 9.97 Å². The zero-order chi connectivity index (χ0) is 11.6. The number of nitrogens with zero attached hydrogens (tertiary/aromatic N) is 2. The molecular formula is C7H5N3O5. The van der Waals surface area contributed by atoms with Gasteiger partial charge in [-0.3, -0.25) is 4.79 Å². The molecule has 1 aromatic rings. The summed E-state index contributed by atoms with van der Waals surface area (Å²) in [7, 11) is 0. The van der Waals surface area contributed by atoms with Crippen molar-refractivity contribution < 1.29 is 24.6 Å². The van der Waals surface area contributed by atoms with Gasteiger partial charge in [0.1, 0.15) is 0 Å². The average molecular weight is 211 g/mol. The maximum absolute atomic E-state index is 10.7. The molecule has 0 aromatic carbocycles. The molecular weight excluding hydrogens is 206 g/mol. The Morgan fingerprint density at radius 1 is 1.13 bits per heavy atom. The van der Waals surface area contributed by atoms with Crippen LogP contribution in [0.3, 0.4) is 0 Å². The highest BCUT2D eigenvalue weighted by Crippen LogP contribution is 2.04. The van der Waals surface area contributed by atoms with Crippen molar-refractivity contribution >= 4 is 17.8 Å². The largest absolute Gasteiger partial charge is 0.476 e. The van der Waals surface area contributed by atoms with Crippen LogP contribution in [0.15, 0.2) is 6.20 Å². The third-order valence-corrected chi connectivity index (χ3v) is 1.43. The summed E-state index contributed by atoms with van der Waals surface area (Å²) in [5.74, 6) is -4.10. The van der Waals surface area contributed by atoms with E-state index in [1.165, 1.54) is 0 Å². The van der Waals surface area contributed by atoms with Crippen LogP contribution in [0.4, 0.5) is 0 Å². The highest BCUT2D eigenvalue weighted by atomic mass is 16.4. The van der Waals surface area contributed by atoms with Crippen molar-refractivity contribution in [3.05, 3.63) is 23.3 Å². The molecule has 0 unspecified atom stereocenters.